The van der Waals surface area contributed by atoms with Crippen molar-refractivity contribution in [2.75, 3.05) is 11.6 Å². The van der Waals surface area contributed by atoms with Gasteiger partial charge in [-0.05, 0) is 12.3 Å². The number of pyridine rings is 1. The average Bonchev–Trinajstić information content (AvgIpc) is 2.66. The standard InChI is InChI=1S/C13H13N5/c1-8-17-12(13(14)18(8)15)11-7-16-6-9-4-2-3-5-10(9)11/h2-7H,14-15H2,1H3. The maximum atomic E-state index is 5.97. The summed E-state index contributed by atoms with van der Waals surface area (Å²) in [4.78, 5) is 8.63. The first kappa shape index (κ1) is 10.6. The van der Waals surface area contributed by atoms with Crippen LogP contribution in [0.1, 0.15) is 5.82 Å². The SMILES string of the molecule is Cc1nc(-c2cncc3ccccc23)c(N)n1N. The van der Waals surface area contributed by atoms with Crippen LogP contribution in [0.5, 0.6) is 0 Å². The summed E-state index contributed by atoms with van der Waals surface area (Å²) < 4.78 is 1.39. The number of rotatable bonds is 1. The first-order chi connectivity index (χ1) is 8.68. The fourth-order valence-corrected chi connectivity index (χ4v) is 2.06. The normalized spacial score (nSPS) is 10.9. The molecule has 0 aliphatic heterocycles. The maximum absolute atomic E-state index is 5.97. The van der Waals surface area contributed by atoms with Gasteiger partial charge in [-0.25, -0.2) is 9.66 Å². The van der Waals surface area contributed by atoms with E-state index in [-0.39, 0.29) is 0 Å². The summed E-state index contributed by atoms with van der Waals surface area (Å²) in [6, 6.07) is 7.99. The number of fused-ring (bicyclic) bond motifs is 1. The molecule has 0 bridgehead atoms. The minimum Gasteiger partial charge on any atom is -0.382 e. The topological polar surface area (TPSA) is 82.8 Å². The molecule has 0 amide bonds. The number of aromatic nitrogens is 3. The molecule has 5 nitrogen and oxygen atoms in total. The molecule has 5 heteroatoms. The van der Waals surface area contributed by atoms with Gasteiger partial charge in [0, 0.05) is 23.3 Å². The van der Waals surface area contributed by atoms with Crippen molar-refractivity contribution < 1.29 is 0 Å². The smallest absolute Gasteiger partial charge is 0.150 e. The Morgan fingerprint density at radius 2 is 1.94 bits per heavy atom. The zero-order valence-electron chi connectivity index (χ0n) is 9.96. The number of nitrogens with zero attached hydrogens (tertiary/aromatic N) is 3. The molecular weight excluding hydrogens is 226 g/mol. The lowest BCUT2D eigenvalue weighted by Crippen LogP contribution is -2.13. The number of hydrogen-bond acceptors (Lipinski definition) is 4. The van der Waals surface area contributed by atoms with E-state index in [1.807, 2.05) is 37.4 Å². The number of hydrogen-bond donors (Lipinski definition) is 2. The van der Waals surface area contributed by atoms with E-state index in [0.717, 1.165) is 16.3 Å². The van der Waals surface area contributed by atoms with Gasteiger partial charge in [0.2, 0.25) is 0 Å². The molecule has 0 unspecified atom stereocenters. The van der Waals surface area contributed by atoms with Crippen molar-refractivity contribution in [2.24, 2.45) is 0 Å². The number of benzene rings is 1. The summed E-state index contributed by atoms with van der Waals surface area (Å²) in [5.41, 5.74) is 7.55. The first-order valence-electron chi connectivity index (χ1n) is 5.61. The third-order valence-electron chi connectivity index (χ3n) is 3.05. The van der Waals surface area contributed by atoms with Gasteiger partial charge in [-0.3, -0.25) is 4.98 Å². The molecule has 3 rings (SSSR count). The summed E-state index contributed by atoms with van der Waals surface area (Å²) in [7, 11) is 0. The van der Waals surface area contributed by atoms with Gasteiger partial charge in [0.25, 0.3) is 0 Å². The molecule has 90 valence electrons. The Hall–Kier alpha value is -2.56. The second kappa shape index (κ2) is 3.73. The molecule has 18 heavy (non-hydrogen) atoms. The highest BCUT2D eigenvalue weighted by atomic mass is 15.4. The summed E-state index contributed by atoms with van der Waals surface area (Å²) in [6.45, 7) is 1.82. The van der Waals surface area contributed by atoms with Crippen LogP contribution >= 0.6 is 0 Å². The molecule has 0 aliphatic rings. The molecule has 4 N–H and O–H groups in total. The Morgan fingerprint density at radius 3 is 2.67 bits per heavy atom. The molecule has 0 spiro atoms. The van der Waals surface area contributed by atoms with Gasteiger partial charge < -0.3 is 11.6 Å². The van der Waals surface area contributed by atoms with Crippen LogP contribution in [0, 0.1) is 6.92 Å². The first-order valence-corrected chi connectivity index (χ1v) is 5.61. The lowest BCUT2D eigenvalue weighted by atomic mass is 10.1. The average molecular weight is 239 g/mol. The van der Waals surface area contributed by atoms with E-state index in [4.69, 9.17) is 11.6 Å². The van der Waals surface area contributed by atoms with Crippen LogP contribution in [0.15, 0.2) is 36.7 Å². The minimum atomic E-state index is 0.450. The van der Waals surface area contributed by atoms with Gasteiger partial charge >= 0.3 is 0 Å². The lowest BCUT2D eigenvalue weighted by molar-refractivity contribution is 0.937. The third-order valence-corrected chi connectivity index (χ3v) is 3.05. The second-order valence-electron chi connectivity index (χ2n) is 4.17. The quantitative estimate of drug-likeness (QED) is 0.633. The fourth-order valence-electron chi connectivity index (χ4n) is 2.06. The predicted molar refractivity (Wildman–Crippen MR) is 72.3 cm³/mol. The molecule has 0 fully saturated rings. The molecule has 0 atom stereocenters. The summed E-state index contributed by atoms with van der Waals surface area (Å²) in [5, 5.41) is 2.12. The zero-order valence-corrected chi connectivity index (χ0v) is 9.96. The molecule has 3 aromatic rings. The molecular formula is C13H13N5. The Balaban J connectivity index is 2.35. The number of nitrogens with two attached hydrogens (primary N) is 2. The van der Waals surface area contributed by atoms with E-state index < -0.39 is 0 Å². The van der Waals surface area contributed by atoms with Crippen molar-refractivity contribution >= 4 is 16.6 Å². The highest BCUT2D eigenvalue weighted by Crippen LogP contribution is 2.30. The highest BCUT2D eigenvalue weighted by Gasteiger charge is 2.14. The molecule has 0 aliphatic carbocycles. The van der Waals surface area contributed by atoms with Crippen molar-refractivity contribution in [2.45, 2.75) is 6.92 Å². The lowest BCUT2D eigenvalue weighted by Gasteiger charge is -2.04. The van der Waals surface area contributed by atoms with Crippen LogP contribution in [0.4, 0.5) is 5.82 Å². The molecule has 0 saturated heterocycles. The second-order valence-corrected chi connectivity index (χ2v) is 4.17. The van der Waals surface area contributed by atoms with Crippen molar-refractivity contribution in [3.8, 4) is 11.3 Å². The van der Waals surface area contributed by atoms with Crippen LogP contribution in [-0.2, 0) is 0 Å². The van der Waals surface area contributed by atoms with Gasteiger partial charge in [0.15, 0.2) is 5.82 Å². The van der Waals surface area contributed by atoms with Crippen molar-refractivity contribution in [3.05, 3.63) is 42.5 Å². The maximum Gasteiger partial charge on any atom is 0.150 e. The van der Waals surface area contributed by atoms with E-state index in [0.29, 0.717) is 17.3 Å². The van der Waals surface area contributed by atoms with Crippen molar-refractivity contribution in [3.63, 3.8) is 0 Å². The summed E-state index contributed by atoms with van der Waals surface area (Å²) >= 11 is 0. The van der Waals surface area contributed by atoms with Gasteiger partial charge in [-0.15, -0.1) is 0 Å². The Bertz CT molecular complexity index is 724. The third kappa shape index (κ3) is 1.41. The van der Waals surface area contributed by atoms with E-state index >= 15 is 0 Å². The molecule has 0 saturated carbocycles. The summed E-state index contributed by atoms with van der Waals surface area (Å²) in [6.07, 6.45) is 3.59. The molecule has 0 radical (unpaired) electrons. The van der Waals surface area contributed by atoms with E-state index in [9.17, 15) is 0 Å². The number of anilines is 1. The van der Waals surface area contributed by atoms with E-state index in [1.54, 1.807) is 6.20 Å². The van der Waals surface area contributed by atoms with E-state index in [1.165, 1.54) is 4.68 Å². The molecule has 1 aromatic carbocycles. The van der Waals surface area contributed by atoms with Gasteiger partial charge in [0.1, 0.15) is 11.5 Å². The molecule has 2 aromatic heterocycles. The van der Waals surface area contributed by atoms with Crippen molar-refractivity contribution in [1.29, 1.82) is 0 Å². The largest absolute Gasteiger partial charge is 0.382 e. The van der Waals surface area contributed by atoms with Gasteiger partial charge in [-0.2, -0.15) is 0 Å². The van der Waals surface area contributed by atoms with E-state index in [2.05, 4.69) is 9.97 Å². The monoisotopic (exact) mass is 239 g/mol. The van der Waals surface area contributed by atoms with Crippen molar-refractivity contribution in [1.82, 2.24) is 14.6 Å². The fraction of sp³-hybridized carbons (Fsp3) is 0.0769. The highest BCUT2D eigenvalue weighted by molar-refractivity contribution is 5.96. The molecule has 2 heterocycles. The predicted octanol–water partition coefficient (Wildman–Crippen LogP) is 1.70. The number of nitrogen functional groups attached to an aromatic ring is 2. The van der Waals surface area contributed by atoms with Crippen LogP contribution in [0.25, 0.3) is 22.0 Å². The van der Waals surface area contributed by atoms with Crippen LogP contribution < -0.4 is 11.6 Å². The van der Waals surface area contributed by atoms with Gasteiger partial charge in [-0.1, -0.05) is 24.3 Å². The Kier molecular flexibility index (Phi) is 2.19. The van der Waals surface area contributed by atoms with Crippen LogP contribution in [-0.4, -0.2) is 14.6 Å². The van der Waals surface area contributed by atoms with Crippen LogP contribution in [0.2, 0.25) is 0 Å². The minimum absolute atomic E-state index is 0.450. The number of imidazole rings is 1. The summed E-state index contributed by atoms with van der Waals surface area (Å²) in [5.74, 6) is 6.92. The number of aryl methyl sites for hydroxylation is 1. The zero-order chi connectivity index (χ0) is 12.7. The Labute approximate surface area is 104 Å². The van der Waals surface area contributed by atoms with Gasteiger partial charge in [0.05, 0.1) is 0 Å². The Morgan fingerprint density at radius 1 is 1.17 bits per heavy atom. The van der Waals surface area contributed by atoms with Crippen LogP contribution in [0.3, 0.4) is 0 Å².